The average Bonchev–Trinajstić information content (AvgIpc) is 3.39. The van der Waals surface area contributed by atoms with Crippen molar-refractivity contribution in [3.63, 3.8) is 0 Å². The average molecular weight is 515 g/mol. The van der Waals surface area contributed by atoms with Gasteiger partial charge in [-0.25, -0.2) is 14.4 Å². The lowest BCUT2D eigenvalue weighted by Crippen LogP contribution is -2.39. The first kappa shape index (κ1) is 23.1. The molecule has 1 fully saturated rings. The number of halogens is 2. The molecule has 1 aliphatic heterocycles. The zero-order chi connectivity index (χ0) is 19.8. The fraction of sp³-hybridized carbons (Fsp3) is 0.450. The highest BCUT2D eigenvalue weighted by molar-refractivity contribution is 14.0. The number of amides is 1. The number of aromatic nitrogens is 1. The molecule has 3 rings (SSSR count). The van der Waals surface area contributed by atoms with Crippen LogP contribution in [0.5, 0.6) is 0 Å². The van der Waals surface area contributed by atoms with E-state index in [2.05, 4.69) is 20.6 Å². The predicted molar refractivity (Wildman–Crippen MR) is 121 cm³/mol. The number of rotatable bonds is 7. The Balaban J connectivity index is 0.00000300. The molecule has 0 saturated carbocycles. The number of oxazole rings is 1. The molecule has 1 aromatic heterocycles. The minimum absolute atomic E-state index is 0. The minimum atomic E-state index is -0.293. The Bertz CT molecular complexity index is 803. The van der Waals surface area contributed by atoms with Gasteiger partial charge in [0.05, 0.1) is 5.69 Å². The van der Waals surface area contributed by atoms with E-state index in [1.807, 2.05) is 11.8 Å². The Morgan fingerprint density at radius 3 is 2.66 bits per heavy atom. The molecule has 0 unspecified atom stereocenters. The van der Waals surface area contributed by atoms with E-state index in [9.17, 15) is 9.18 Å². The third kappa shape index (κ3) is 6.98. The van der Waals surface area contributed by atoms with Gasteiger partial charge in [-0.1, -0.05) is 0 Å². The van der Waals surface area contributed by atoms with Gasteiger partial charge in [-0.2, -0.15) is 0 Å². The smallest absolute Gasteiger partial charge is 0.244 e. The number of carbonyl (C=O) groups excluding carboxylic acids is 1. The van der Waals surface area contributed by atoms with Crippen LogP contribution in [0.4, 0.5) is 4.39 Å². The summed E-state index contributed by atoms with van der Waals surface area (Å²) in [5, 5.41) is 6.35. The molecule has 1 saturated heterocycles. The second kappa shape index (κ2) is 11.7. The molecule has 2 aromatic rings. The summed E-state index contributed by atoms with van der Waals surface area (Å²) in [6.07, 6.45) is 4.38. The number of hydrogen-bond donors (Lipinski definition) is 2. The first-order valence-electron chi connectivity index (χ1n) is 9.66. The van der Waals surface area contributed by atoms with Gasteiger partial charge < -0.3 is 20.0 Å². The summed E-state index contributed by atoms with van der Waals surface area (Å²) in [7, 11) is 0. The van der Waals surface area contributed by atoms with Gasteiger partial charge >= 0.3 is 0 Å². The molecular weight excluding hydrogens is 488 g/mol. The van der Waals surface area contributed by atoms with Crippen molar-refractivity contribution in [2.45, 2.75) is 26.2 Å². The zero-order valence-corrected chi connectivity index (χ0v) is 18.8. The Morgan fingerprint density at radius 1 is 1.24 bits per heavy atom. The van der Waals surface area contributed by atoms with E-state index in [1.165, 1.54) is 12.1 Å². The normalized spacial score (nSPS) is 13.9. The molecule has 1 aliphatic rings. The second-order valence-electron chi connectivity index (χ2n) is 6.61. The van der Waals surface area contributed by atoms with Crippen LogP contribution in [0.3, 0.4) is 0 Å². The van der Waals surface area contributed by atoms with Gasteiger partial charge in [-0.05, 0) is 44.0 Å². The van der Waals surface area contributed by atoms with Crippen molar-refractivity contribution < 1.29 is 13.6 Å². The molecule has 0 bridgehead atoms. The lowest BCUT2D eigenvalue weighted by molar-refractivity contribution is -0.128. The van der Waals surface area contributed by atoms with Gasteiger partial charge in [-0.15, -0.1) is 24.0 Å². The van der Waals surface area contributed by atoms with Crippen LogP contribution in [0.1, 0.15) is 25.5 Å². The molecule has 1 amide bonds. The number of benzene rings is 1. The molecule has 29 heavy (non-hydrogen) atoms. The third-order valence-electron chi connectivity index (χ3n) is 4.49. The van der Waals surface area contributed by atoms with Crippen LogP contribution < -0.4 is 10.6 Å². The highest BCUT2D eigenvalue weighted by Gasteiger charge is 2.17. The van der Waals surface area contributed by atoms with Crippen molar-refractivity contribution in [1.82, 2.24) is 20.5 Å². The topological polar surface area (TPSA) is 82.8 Å². The first-order chi connectivity index (χ1) is 13.7. The van der Waals surface area contributed by atoms with Crippen LogP contribution in [0.15, 0.2) is 39.9 Å². The molecule has 0 atom stereocenters. The van der Waals surface area contributed by atoms with Gasteiger partial charge in [0, 0.05) is 38.2 Å². The summed E-state index contributed by atoms with van der Waals surface area (Å²) in [6.45, 7) is 5.10. The quantitative estimate of drug-likeness (QED) is 0.337. The summed E-state index contributed by atoms with van der Waals surface area (Å²) < 4.78 is 18.5. The van der Waals surface area contributed by atoms with Crippen molar-refractivity contribution in [3.8, 4) is 11.5 Å². The van der Waals surface area contributed by atoms with Crippen LogP contribution in [-0.2, 0) is 11.2 Å². The largest absolute Gasteiger partial charge is 0.444 e. The van der Waals surface area contributed by atoms with E-state index in [0.717, 1.165) is 37.2 Å². The predicted octanol–water partition coefficient (Wildman–Crippen LogP) is 2.82. The molecule has 9 heteroatoms. The van der Waals surface area contributed by atoms with Gasteiger partial charge in [0.25, 0.3) is 0 Å². The van der Waals surface area contributed by atoms with Gasteiger partial charge in [-0.3, -0.25) is 4.79 Å². The molecule has 2 N–H and O–H groups in total. The molecule has 1 aromatic carbocycles. The van der Waals surface area contributed by atoms with Crippen LogP contribution in [0.2, 0.25) is 0 Å². The van der Waals surface area contributed by atoms with Gasteiger partial charge in [0.15, 0.2) is 5.96 Å². The van der Waals surface area contributed by atoms with Gasteiger partial charge in [0.1, 0.15) is 18.6 Å². The number of nitrogens with zero attached hydrogens (tertiary/aromatic N) is 3. The first-order valence-corrected chi connectivity index (χ1v) is 9.66. The fourth-order valence-corrected chi connectivity index (χ4v) is 3.01. The van der Waals surface area contributed by atoms with E-state index in [1.54, 1.807) is 18.4 Å². The van der Waals surface area contributed by atoms with E-state index in [-0.39, 0.29) is 42.2 Å². The maximum absolute atomic E-state index is 13.0. The highest BCUT2D eigenvalue weighted by Crippen LogP contribution is 2.18. The Morgan fingerprint density at radius 2 is 1.97 bits per heavy atom. The number of aliphatic imine (C=N–C) groups is 1. The molecule has 0 radical (unpaired) electrons. The standard InChI is InChI=1S/C20H26FN5O2.HI/c1-2-22-20(24-13-18(27)26-11-3-4-12-26)23-10-9-17-14-28-19(25-17)15-5-7-16(21)8-6-15;/h5-8,14H,2-4,9-13H2,1H3,(H2,22,23,24);1H. The van der Waals surface area contributed by atoms with E-state index < -0.39 is 0 Å². The summed E-state index contributed by atoms with van der Waals surface area (Å²) in [5.41, 5.74) is 1.52. The maximum atomic E-state index is 13.0. The van der Waals surface area contributed by atoms with Crippen LogP contribution in [0.25, 0.3) is 11.5 Å². The Labute approximate surface area is 187 Å². The number of nitrogens with one attached hydrogen (secondary N) is 2. The second-order valence-corrected chi connectivity index (χ2v) is 6.61. The summed E-state index contributed by atoms with van der Waals surface area (Å²) in [6, 6.07) is 6.03. The Hall–Kier alpha value is -2.17. The van der Waals surface area contributed by atoms with Crippen LogP contribution >= 0.6 is 24.0 Å². The minimum Gasteiger partial charge on any atom is -0.444 e. The zero-order valence-electron chi connectivity index (χ0n) is 16.5. The van der Waals surface area contributed by atoms with Crippen molar-refractivity contribution in [1.29, 1.82) is 0 Å². The molecule has 7 nitrogen and oxygen atoms in total. The van der Waals surface area contributed by atoms with E-state index in [0.29, 0.717) is 31.4 Å². The number of carbonyl (C=O) groups is 1. The SMILES string of the molecule is CCNC(=NCC(=O)N1CCCC1)NCCc1coc(-c2ccc(F)cc2)n1.I. The van der Waals surface area contributed by atoms with Crippen molar-refractivity contribution in [3.05, 3.63) is 42.0 Å². The van der Waals surface area contributed by atoms with Crippen LogP contribution in [0, 0.1) is 5.82 Å². The highest BCUT2D eigenvalue weighted by atomic mass is 127. The van der Waals surface area contributed by atoms with Gasteiger partial charge in [0.2, 0.25) is 11.8 Å². The summed E-state index contributed by atoms with van der Waals surface area (Å²) in [4.78, 5) is 22.8. The van der Waals surface area contributed by atoms with E-state index >= 15 is 0 Å². The lowest BCUT2D eigenvalue weighted by Gasteiger charge is -2.15. The maximum Gasteiger partial charge on any atom is 0.244 e. The van der Waals surface area contributed by atoms with Crippen LogP contribution in [-0.4, -0.2) is 54.5 Å². The number of guanidine groups is 1. The molecule has 0 spiro atoms. The van der Waals surface area contributed by atoms with Crippen molar-refractivity contribution in [2.75, 3.05) is 32.7 Å². The number of likely N-dealkylation sites (tertiary alicyclic amines) is 1. The summed E-state index contributed by atoms with van der Waals surface area (Å²) in [5.74, 6) is 0.845. The molecule has 2 heterocycles. The molecule has 158 valence electrons. The van der Waals surface area contributed by atoms with Crippen molar-refractivity contribution >= 4 is 35.8 Å². The molecule has 0 aliphatic carbocycles. The lowest BCUT2D eigenvalue weighted by atomic mass is 10.2. The number of hydrogen-bond acceptors (Lipinski definition) is 4. The Kier molecular flexibility index (Phi) is 9.36. The fourth-order valence-electron chi connectivity index (χ4n) is 3.01. The van der Waals surface area contributed by atoms with Crippen molar-refractivity contribution in [2.24, 2.45) is 4.99 Å². The monoisotopic (exact) mass is 515 g/mol. The summed E-state index contributed by atoms with van der Waals surface area (Å²) >= 11 is 0. The molecular formula is C20H27FIN5O2. The van der Waals surface area contributed by atoms with E-state index in [4.69, 9.17) is 4.42 Å². The third-order valence-corrected chi connectivity index (χ3v) is 4.49.